The van der Waals surface area contributed by atoms with Crippen LogP contribution in [0.4, 0.5) is 9.59 Å². The number of ether oxygens (including phenoxy) is 4. The summed E-state index contributed by atoms with van der Waals surface area (Å²) in [6.45, 7) is 0.970. The third-order valence-electron chi connectivity index (χ3n) is 1.37. The van der Waals surface area contributed by atoms with Crippen molar-refractivity contribution < 1.29 is 38.1 Å². The number of nitrogens with one attached hydrogen (secondary N) is 2. The van der Waals surface area contributed by atoms with Crippen molar-refractivity contribution in [3.05, 3.63) is 0 Å². The molecule has 0 unspecified atom stereocenters. The lowest BCUT2D eigenvalue weighted by atomic mass is 10.8. The summed E-state index contributed by atoms with van der Waals surface area (Å²) >= 11 is 0. The number of esters is 2. The Morgan fingerprint density at radius 3 is 1.42 bits per heavy atom. The molecule has 10 heteroatoms. The Balaban J connectivity index is 3.50. The van der Waals surface area contributed by atoms with E-state index in [1.165, 1.54) is 0 Å². The second-order valence-electron chi connectivity index (χ2n) is 2.90. The van der Waals surface area contributed by atoms with Crippen molar-refractivity contribution in [2.24, 2.45) is 0 Å². The average molecular weight is 278 g/mol. The van der Waals surface area contributed by atoms with Crippen LogP contribution in [0, 0.1) is 0 Å². The van der Waals surface area contributed by atoms with E-state index in [0.29, 0.717) is 0 Å². The van der Waals surface area contributed by atoms with Gasteiger partial charge in [-0.25, -0.2) is 9.59 Å². The van der Waals surface area contributed by atoms with Crippen molar-refractivity contribution in [2.45, 2.75) is 13.8 Å². The zero-order chi connectivity index (χ0) is 14.7. The summed E-state index contributed by atoms with van der Waals surface area (Å²) in [5.74, 6) is -1.19. The van der Waals surface area contributed by atoms with Gasteiger partial charge in [0, 0.05) is 13.8 Å². The van der Waals surface area contributed by atoms with Crippen LogP contribution in [-0.2, 0) is 28.5 Å². The van der Waals surface area contributed by atoms with Crippen molar-refractivity contribution in [3.63, 3.8) is 0 Å². The van der Waals surface area contributed by atoms with Gasteiger partial charge in [0.25, 0.3) is 0 Å². The number of amides is 2. The standard InChI is InChI=1S/C9H14N2O8/c1-6(12)16-4-18-8(14)10-3-11-9(15)19-5-17-7(2)13/h3-5H2,1-2H3,(H,10,14)(H,11,15). The number of alkyl carbamates (subject to hydrolysis) is 2. The first-order valence-corrected chi connectivity index (χ1v) is 4.99. The molecular weight excluding hydrogens is 264 g/mol. The van der Waals surface area contributed by atoms with Crippen LogP contribution < -0.4 is 10.6 Å². The Labute approximate surface area is 108 Å². The van der Waals surface area contributed by atoms with Crippen LogP contribution in [-0.4, -0.2) is 44.4 Å². The molecule has 19 heavy (non-hydrogen) atoms. The monoisotopic (exact) mass is 278 g/mol. The summed E-state index contributed by atoms with van der Waals surface area (Å²) in [5, 5.41) is 4.23. The van der Waals surface area contributed by atoms with E-state index in [0.717, 1.165) is 13.8 Å². The highest BCUT2D eigenvalue weighted by Crippen LogP contribution is 1.82. The lowest BCUT2D eigenvalue weighted by Crippen LogP contribution is -2.38. The second-order valence-corrected chi connectivity index (χ2v) is 2.90. The van der Waals surface area contributed by atoms with E-state index >= 15 is 0 Å². The average Bonchev–Trinajstić information content (AvgIpc) is 2.27. The van der Waals surface area contributed by atoms with Crippen LogP contribution in [0.3, 0.4) is 0 Å². The molecule has 0 aliphatic rings. The molecule has 0 bridgehead atoms. The van der Waals surface area contributed by atoms with Crippen molar-refractivity contribution in [2.75, 3.05) is 20.3 Å². The quantitative estimate of drug-likeness (QED) is 0.488. The zero-order valence-electron chi connectivity index (χ0n) is 10.4. The fourth-order valence-corrected chi connectivity index (χ4v) is 0.623. The van der Waals surface area contributed by atoms with Crippen molar-refractivity contribution in [1.29, 1.82) is 0 Å². The molecule has 0 atom stereocenters. The molecule has 0 fully saturated rings. The third-order valence-corrected chi connectivity index (χ3v) is 1.37. The van der Waals surface area contributed by atoms with Gasteiger partial charge in [-0.3, -0.25) is 9.59 Å². The first-order valence-electron chi connectivity index (χ1n) is 4.99. The van der Waals surface area contributed by atoms with Crippen LogP contribution in [0.1, 0.15) is 13.8 Å². The molecule has 0 rings (SSSR count). The predicted molar refractivity (Wildman–Crippen MR) is 57.4 cm³/mol. The Hall–Kier alpha value is -2.52. The van der Waals surface area contributed by atoms with E-state index in [4.69, 9.17) is 0 Å². The maximum absolute atomic E-state index is 10.9. The minimum absolute atomic E-state index is 0.280. The number of carbonyl (C=O) groups excluding carboxylic acids is 4. The number of rotatable bonds is 6. The molecule has 0 aliphatic heterocycles. The van der Waals surface area contributed by atoms with Crippen molar-refractivity contribution >= 4 is 24.1 Å². The highest BCUT2D eigenvalue weighted by molar-refractivity contribution is 5.70. The molecule has 2 amide bonds. The summed E-state index contributed by atoms with van der Waals surface area (Å²) in [4.78, 5) is 42.5. The largest absolute Gasteiger partial charge is 0.428 e. The highest BCUT2D eigenvalue weighted by atomic mass is 16.7. The smallest absolute Gasteiger partial charge is 0.411 e. The normalized spacial score (nSPS) is 8.95. The van der Waals surface area contributed by atoms with Crippen LogP contribution in [0.2, 0.25) is 0 Å². The van der Waals surface area contributed by atoms with Gasteiger partial charge in [0.1, 0.15) is 0 Å². The lowest BCUT2D eigenvalue weighted by molar-refractivity contribution is -0.150. The van der Waals surface area contributed by atoms with Crippen LogP contribution in [0.5, 0.6) is 0 Å². The second kappa shape index (κ2) is 9.50. The Morgan fingerprint density at radius 1 is 0.737 bits per heavy atom. The Morgan fingerprint density at radius 2 is 1.11 bits per heavy atom. The highest BCUT2D eigenvalue weighted by Gasteiger charge is 2.05. The van der Waals surface area contributed by atoms with E-state index in [2.05, 4.69) is 29.6 Å². The molecular formula is C9H14N2O8. The van der Waals surface area contributed by atoms with Crippen molar-refractivity contribution in [3.8, 4) is 0 Å². The van der Waals surface area contributed by atoms with E-state index < -0.39 is 37.7 Å². The van der Waals surface area contributed by atoms with Gasteiger partial charge in [0.15, 0.2) is 0 Å². The minimum atomic E-state index is -0.901. The minimum Gasteiger partial charge on any atom is -0.428 e. The van der Waals surface area contributed by atoms with E-state index in [9.17, 15) is 19.2 Å². The fourth-order valence-electron chi connectivity index (χ4n) is 0.623. The van der Waals surface area contributed by atoms with Crippen molar-refractivity contribution in [1.82, 2.24) is 10.6 Å². The van der Waals surface area contributed by atoms with Gasteiger partial charge in [-0.15, -0.1) is 0 Å². The summed E-state index contributed by atoms with van der Waals surface area (Å²) in [5.41, 5.74) is 0. The summed E-state index contributed by atoms with van der Waals surface area (Å²) in [7, 11) is 0. The molecule has 0 aromatic carbocycles. The molecule has 0 radical (unpaired) electrons. The molecule has 0 aromatic rings. The fraction of sp³-hybridized carbons (Fsp3) is 0.556. The van der Waals surface area contributed by atoms with E-state index in [1.807, 2.05) is 0 Å². The first-order chi connectivity index (χ1) is 8.91. The molecule has 10 nitrogen and oxygen atoms in total. The lowest BCUT2D eigenvalue weighted by Gasteiger charge is -2.08. The summed E-state index contributed by atoms with van der Waals surface area (Å²) in [6.07, 6.45) is -1.80. The van der Waals surface area contributed by atoms with Gasteiger partial charge in [0.05, 0.1) is 6.67 Å². The molecule has 0 aromatic heterocycles. The summed E-state index contributed by atoms with van der Waals surface area (Å²) in [6, 6.07) is 0. The SMILES string of the molecule is CC(=O)OCOC(=O)NCNC(=O)OCOC(C)=O. The van der Waals surface area contributed by atoms with E-state index in [-0.39, 0.29) is 6.67 Å². The molecule has 0 heterocycles. The molecule has 0 saturated carbocycles. The molecule has 0 saturated heterocycles. The topological polar surface area (TPSA) is 129 Å². The zero-order valence-corrected chi connectivity index (χ0v) is 10.4. The molecule has 2 N–H and O–H groups in total. The van der Waals surface area contributed by atoms with E-state index in [1.54, 1.807) is 0 Å². The van der Waals surface area contributed by atoms with Crippen LogP contribution in [0.15, 0.2) is 0 Å². The maximum Gasteiger partial charge on any atom is 0.411 e. The van der Waals surface area contributed by atoms with Gasteiger partial charge in [-0.2, -0.15) is 0 Å². The van der Waals surface area contributed by atoms with Gasteiger partial charge < -0.3 is 29.6 Å². The van der Waals surface area contributed by atoms with Gasteiger partial charge in [0.2, 0.25) is 13.6 Å². The number of hydrogen-bond donors (Lipinski definition) is 2. The van der Waals surface area contributed by atoms with Gasteiger partial charge >= 0.3 is 24.1 Å². The Kier molecular flexibility index (Phi) is 8.24. The number of carbonyl (C=O) groups is 4. The molecule has 108 valence electrons. The predicted octanol–water partition coefficient (Wildman–Crippen LogP) is -0.563. The molecule has 0 aliphatic carbocycles. The van der Waals surface area contributed by atoms with Gasteiger partial charge in [-0.1, -0.05) is 0 Å². The number of hydrogen-bond acceptors (Lipinski definition) is 8. The van der Waals surface area contributed by atoms with Gasteiger partial charge in [-0.05, 0) is 0 Å². The third kappa shape index (κ3) is 11.7. The maximum atomic E-state index is 10.9. The molecule has 0 spiro atoms. The summed E-state index contributed by atoms with van der Waals surface area (Å²) < 4.78 is 17.5. The van der Waals surface area contributed by atoms with Crippen LogP contribution in [0.25, 0.3) is 0 Å². The Bertz CT molecular complexity index is 311. The first kappa shape index (κ1) is 16.5. The van der Waals surface area contributed by atoms with Crippen LogP contribution >= 0.6 is 0 Å².